The van der Waals surface area contributed by atoms with E-state index in [1.807, 2.05) is 6.92 Å². The van der Waals surface area contributed by atoms with Crippen molar-refractivity contribution in [3.63, 3.8) is 0 Å². The van der Waals surface area contributed by atoms with E-state index in [2.05, 4.69) is 5.32 Å². The lowest BCUT2D eigenvalue weighted by Gasteiger charge is -2.27. The molecule has 0 heterocycles. The van der Waals surface area contributed by atoms with Crippen LogP contribution in [0.25, 0.3) is 0 Å². The van der Waals surface area contributed by atoms with Crippen LogP contribution < -0.4 is 5.32 Å². The van der Waals surface area contributed by atoms with E-state index in [1.54, 1.807) is 0 Å². The third-order valence-corrected chi connectivity index (χ3v) is 2.56. The third kappa shape index (κ3) is 3.15. The summed E-state index contributed by atoms with van der Waals surface area (Å²) in [5.74, 6) is -2.38. The van der Waals surface area contributed by atoms with Crippen molar-refractivity contribution < 1.29 is 18.7 Å². The zero-order valence-electron chi connectivity index (χ0n) is 9.76. The van der Waals surface area contributed by atoms with Crippen molar-refractivity contribution in [3.05, 3.63) is 29.8 Å². The van der Waals surface area contributed by atoms with Gasteiger partial charge in [-0.15, -0.1) is 0 Å². The summed E-state index contributed by atoms with van der Waals surface area (Å²) in [5, 5.41) is 11.7. The molecule has 1 atom stereocenters. The highest BCUT2D eigenvalue weighted by Crippen LogP contribution is 2.23. The van der Waals surface area contributed by atoms with Gasteiger partial charge in [0, 0.05) is 0 Å². The average Bonchev–Trinajstić information content (AvgIpc) is 2.23. The molecule has 0 aromatic heterocycles. The second-order valence-electron chi connectivity index (χ2n) is 4.14. The van der Waals surface area contributed by atoms with Crippen LogP contribution in [-0.2, 0) is 4.79 Å². The molecule has 0 aliphatic rings. The lowest BCUT2D eigenvalue weighted by Crippen LogP contribution is -2.43. The summed E-state index contributed by atoms with van der Waals surface area (Å²) in [7, 11) is 0. The summed E-state index contributed by atoms with van der Waals surface area (Å²) in [4.78, 5) is 11.1. The van der Waals surface area contributed by atoms with Gasteiger partial charge in [0.05, 0.1) is 5.69 Å². The van der Waals surface area contributed by atoms with Crippen LogP contribution in [0.2, 0.25) is 0 Å². The molecule has 2 N–H and O–H groups in total. The molecule has 1 aromatic rings. The van der Waals surface area contributed by atoms with Crippen LogP contribution in [-0.4, -0.2) is 16.6 Å². The van der Waals surface area contributed by atoms with Crippen molar-refractivity contribution in [1.82, 2.24) is 0 Å². The van der Waals surface area contributed by atoms with Crippen molar-refractivity contribution in [1.29, 1.82) is 0 Å². The van der Waals surface area contributed by atoms with Crippen molar-refractivity contribution in [2.75, 3.05) is 5.32 Å². The van der Waals surface area contributed by atoms with Gasteiger partial charge >= 0.3 is 5.97 Å². The topological polar surface area (TPSA) is 49.3 Å². The number of benzene rings is 1. The zero-order valence-corrected chi connectivity index (χ0v) is 9.76. The van der Waals surface area contributed by atoms with Gasteiger partial charge in [-0.3, -0.25) is 0 Å². The Balaban J connectivity index is 3.01. The van der Waals surface area contributed by atoms with Crippen LogP contribution in [0, 0.1) is 11.6 Å². The van der Waals surface area contributed by atoms with Crippen LogP contribution in [0.5, 0.6) is 0 Å². The third-order valence-electron chi connectivity index (χ3n) is 2.56. The smallest absolute Gasteiger partial charge is 0.329 e. The Bertz CT molecular complexity index is 423. The Morgan fingerprint density at radius 1 is 1.47 bits per heavy atom. The molecule has 1 rings (SSSR count). The summed E-state index contributed by atoms with van der Waals surface area (Å²) in [6.07, 6.45) is 0.936. The Morgan fingerprint density at radius 3 is 2.65 bits per heavy atom. The average molecular weight is 243 g/mol. The number of aliphatic carboxylic acids is 1. The number of hydrogen-bond acceptors (Lipinski definition) is 2. The second kappa shape index (κ2) is 5.12. The minimum atomic E-state index is -1.30. The van der Waals surface area contributed by atoms with Crippen LogP contribution in [0.3, 0.4) is 0 Å². The fourth-order valence-electron chi connectivity index (χ4n) is 1.61. The van der Waals surface area contributed by atoms with Gasteiger partial charge in [0.25, 0.3) is 0 Å². The van der Waals surface area contributed by atoms with Crippen LogP contribution >= 0.6 is 0 Å². The largest absolute Gasteiger partial charge is 0.480 e. The van der Waals surface area contributed by atoms with E-state index in [-0.39, 0.29) is 5.69 Å². The number of anilines is 1. The van der Waals surface area contributed by atoms with Gasteiger partial charge in [-0.25, -0.2) is 13.6 Å². The standard InChI is InChI=1S/C12H15F2NO2/c1-3-6-12(2,11(16)17)15-10-7-8(13)4-5-9(10)14/h4-5,7,15H,3,6H2,1-2H3,(H,16,17). The van der Waals surface area contributed by atoms with Gasteiger partial charge in [-0.05, 0) is 31.5 Å². The van der Waals surface area contributed by atoms with Gasteiger partial charge in [0.15, 0.2) is 0 Å². The molecule has 0 amide bonds. The number of carbonyl (C=O) groups is 1. The van der Waals surface area contributed by atoms with Crippen molar-refractivity contribution in [2.45, 2.75) is 32.2 Å². The summed E-state index contributed by atoms with van der Waals surface area (Å²) in [6.45, 7) is 3.27. The minimum Gasteiger partial charge on any atom is -0.480 e. The fraction of sp³-hybridized carbons (Fsp3) is 0.417. The van der Waals surface area contributed by atoms with Crippen molar-refractivity contribution in [3.8, 4) is 0 Å². The number of nitrogens with one attached hydrogen (secondary N) is 1. The Labute approximate surface area is 98.5 Å². The Kier molecular flexibility index (Phi) is 4.04. The maximum atomic E-state index is 13.4. The number of hydrogen-bond donors (Lipinski definition) is 2. The highest BCUT2D eigenvalue weighted by Gasteiger charge is 2.32. The maximum Gasteiger partial charge on any atom is 0.329 e. The van der Waals surface area contributed by atoms with Crippen molar-refractivity contribution in [2.24, 2.45) is 0 Å². The van der Waals surface area contributed by atoms with E-state index in [0.717, 1.165) is 18.2 Å². The number of halogens is 2. The highest BCUT2D eigenvalue weighted by molar-refractivity contribution is 5.82. The molecule has 5 heteroatoms. The first-order valence-electron chi connectivity index (χ1n) is 5.35. The molecule has 1 aromatic carbocycles. The van der Waals surface area contributed by atoms with E-state index in [1.165, 1.54) is 6.92 Å². The van der Waals surface area contributed by atoms with Crippen LogP contribution in [0.15, 0.2) is 18.2 Å². The molecule has 0 spiro atoms. The molecule has 0 saturated carbocycles. The van der Waals surface area contributed by atoms with Crippen LogP contribution in [0.1, 0.15) is 26.7 Å². The van der Waals surface area contributed by atoms with Gasteiger partial charge < -0.3 is 10.4 Å². The Hall–Kier alpha value is -1.65. The van der Waals surface area contributed by atoms with E-state index >= 15 is 0 Å². The molecule has 0 aliphatic carbocycles. The Morgan fingerprint density at radius 2 is 2.12 bits per heavy atom. The molecule has 0 fully saturated rings. The first-order chi connectivity index (χ1) is 7.89. The van der Waals surface area contributed by atoms with E-state index < -0.39 is 23.1 Å². The monoisotopic (exact) mass is 243 g/mol. The summed E-state index contributed by atoms with van der Waals surface area (Å²) in [6, 6.07) is 2.90. The molecule has 0 bridgehead atoms. The quantitative estimate of drug-likeness (QED) is 0.835. The molecule has 0 saturated heterocycles. The molecule has 0 aliphatic heterocycles. The summed E-state index contributed by atoms with van der Waals surface area (Å²) in [5.41, 5.74) is -1.44. The second-order valence-corrected chi connectivity index (χ2v) is 4.14. The molecule has 94 valence electrons. The normalized spacial score (nSPS) is 14.1. The predicted molar refractivity (Wildman–Crippen MR) is 60.9 cm³/mol. The lowest BCUT2D eigenvalue weighted by molar-refractivity contribution is -0.142. The number of carboxylic acids is 1. The summed E-state index contributed by atoms with van der Waals surface area (Å²) < 4.78 is 26.3. The van der Waals surface area contributed by atoms with Gasteiger partial charge in [0.2, 0.25) is 0 Å². The zero-order chi connectivity index (χ0) is 13.1. The summed E-state index contributed by atoms with van der Waals surface area (Å²) >= 11 is 0. The highest BCUT2D eigenvalue weighted by atomic mass is 19.1. The molecule has 17 heavy (non-hydrogen) atoms. The first kappa shape index (κ1) is 13.4. The van der Waals surface area contributed by atoms with Gasteiger partial charge in [-0.1, -0.05) is 13.3 Å². The SMILES string of the molecule is CCCC(C)(Nc1cc(F)ccc1F)C(=O)O. The molecular weight excluding hydrogens is 228 g/mol. The first-order valence-corrected chi connectivity index (χ1v) is 5.35. The van der Waals surface area contributed by atoms with E-state index in [0.29, 0.717) is 12.8 Å². The molecule has 1 unspecified atom stereocenters. The lowest BCUT2D eigenvalue weighted by atomic mass is 9.96. The van der Waals surface area contributed by atoms with Gasteiger partial charge in [0.1, 0.15) is 17.2 Å². The van der Waals surface area contributed by atoms with E-state index in [4.69, 9.17) is 5.11 Å². The molecule has 3 nitrogen and oxygen atoms in total. The number of carboxylic acid groups (broad SMARTS) is 1. The molecule has 0 radical (unpaired) electrons. The van der Waals surface area contributed by atoms with Crippen molar-refractivity contribution >= 4 is 11.7 Å². The fourth-order valence-corrected chi connectivity index (χ4v) is 1.61. The predicted octanol–water partition coefficient (Wildman–Crippen LogP) is 3.02. The van der Waals surface area contributed by atoms with E-state index in [9.17, 15) is 13.6 Å². The molecular formula is C12H15F2NO2. The number of rotatable bonds is 5. The van der Waals surface area contributed by atoms with Crippen LogP contribution in [0.4, 0.5) is 14.5 Å². The minimum absolute atomic E-state index is 0.136. The van der Waals surface area contributed by atoms with Gasteiger partial charge in [-0.2, -0.15) is 0 Å². The maximum absolute atomic E-state index is 13.4.